The van der Waals surface area contributed by atoms with E-state index < -0.39 is 0 Å². The number of aryl methyl sites for hydroxylation is 1. The Morgan fingerprint density at radius 2 is 2.27 bits per heavy atom. The predicted molar refractivity (Wildman–Crippen MR) is 61.5 cm³/mol. The minimum Gasteiger partial charge on any atom is -0.302 e. The molecule has 15 heavy (non-hydrogen) atoms. The first-order valence-corrected chi connectivity index (χ1v) is 5.78. The van der Waals surface area contributed by atoms with Crippen LogP contribution >= 0.6 is 11.6 Å². The third kappa shape index (κ3) is 1.28. The van der Waals surface area contributed by atoms with Crippen molar-refractivity contribution in [1.82, 2.24) is 9.38 Å². The number of imidazole rings is 1. The van der Waals surface area contributed by atoms with Crippen molar-refractivity contribution in [3.63, 3.8) is 0 Å². The zero-order valence-electron chi connectivity index (χ0n) is 8.70. The Kier molecular flexibility index (Phi) is 1.99. The number of aromatic nitrogens is 2. The van der Waals surface area contributed by atoms with Gasteiger partial charge in [-0.05, 0) is 31.4 Å². The monoisotopic (exact) mass is 220 g/mol. The zero-order chi connectivity index (χ0) is 10.4. The van der Waals surface area contributed by atoms with E-state index in [9.17, 15) is 0 Å². The fourth-order valence-electron chi connectivity index (χ4n) is 2.23. The predicted octanol–water partition coefficient (Wildman–Crippen LogP) is 3.56. The fourth-order valence-corrected chi connectivity index (χ4v) is 2.56. The third-order valence-corrected chi connectivity index (χ3v) is 3.58. The number of hydrogen-bond donors (Lipinski definition) is 0. The minimum absolute atomic E-state index is 0.617. The highest BCUT2D eigenvalue weighted by atomic mass is 35.5. The molecule has 0 atom stereocenters. The quantitative estimate of drug-likeness (QED) is 0.718. The van der Waals surface area contributed by atoms with Gasteiger partial charge in [0.2, 0.25) is 0 Å². The summed E-state index contributed by atoms with van der Waals surface area (Å²) in [7, 11) is 0. The molecule has 1 fully saturated rings. The van der Waals surface area contributed by atoms with E-state index in [2.05, 4.69) is 34.6 Å². The van der Waals surface area contributed by atoms with E-state index in [1.807, 2.05) is 0 Å². The number of nitrogens with zero attached hydrogens (tertiary/aromatic N) is 2. The van der Waals surface area contributed by atoms with Crippen molar-refractivity contribution in [3.05, 3.63) is 34.9 Å². The molecular formula is C12H13ClN2. The van der Waals surface area contributed by atoms with Crippen LogP contribution in [0.5, 0.6) is 0 Å². The van der Waals surface area contributed by atoms with Crippen molar-refractivity contribution in [3.8, 4) is 0 Å². The molecule has 0 aliphatic heterocycles. The van der Waals surface area contributed by atoms with E-state index in [4.69, 9.17) is 11.6 Å². The molecule has 3 rings (SSSR count). The number of fused-ring (bicyclic) bond motifs is 1. The van der Waals surface area contributed by atoms with E-state index in [0.717, 1.165) is 11.3 Å². The molecule has 0 unspecified atom stereocenters. The Labute approximate surface area is 93.9 Å². The fraction of sp³-hybridized carbons (Fsp3) is 0.417. The molecule has 1 saturated carbocycles. The van der Waals surface area contributed by atoms with Crippen molar-refractivity contribution in [1.29, 1.82) is 0 Å². The van der Waals surface area contributed by atoms with Crippen molar-refractivity contribution in [2.45, 2.75) is 32.1 Å². The van der Waals surface area contributed by atoms with Gasteiger partial charge in [-0.25, -0.2) is 4.98 Å². The van der Waals surface area contributed by atoms with E-state index in [-0.39, 0.29) is 0 Å². The molecule has 0 N–H and O–H groups in total. The molecular weight excluding hydrogens is 208 g/mol. The van der Waals surface area contributed by atoms with Gasteiger partial charge in [0, 0.05) is 12.1 Å². The highest BCUT2D eigenvalue weighted by Gasteiger charge is 2.25. The van der Waals surface area contributed by atoms with Gasteiger partial charge in [0.1, 0.15) is 5.82 Å². The molecule has 0 radical (unpaired) electrons. The van der Waals surface area contributed by atoms with E-state index in [0.29, 0.717) is 11.1 Å². The summed E-state index contributed by atoms with van der Waals surface area (Å²) in [6.45, 7) is 2.08. The van der Waals surface area contributed by atoms with Crippen LogP contribution in [0.15, 0.2) is 18.3 Å². The van der Waals surface area contributed by atoms with Crippen molar-refractivity contribution < 1.29 is 0 Å². The van der Waals surface area contributed by atoms with Crippen LogP contribution in [-0.2, 0) is 0 Å². The average molecular weight is 221 g/mol. The number of hydrogen-bond acceptors (Lipinski definition) is 1. The van der Waals surface area contributed by atoms with Crippen molar-refractivity contribution in [2.75, 3.05) is 0 Å². The van der Waals surface area contributed by atoms with Crippen molar-refractivity contribution >= 4 is 17.1 Å². The average Bonchev–Trinajstić information content (AvgIpc) is 2.43. The van der Waals surface area contributed by atoms with Gasteiger partial charge in [-0.2, -0.15) is 0 Å². The summed E-state index contributed by atoms with van der Waals surface area (Å²) in [5.41, 5.74) is 2.27. The van der Waals surface area contributed by atoms with Crippen LogP contribution in [0.1, 0.15) is 36.6 Å². The summed E-state index contributed by atoms with van der Waals surface area (Å²) in [5.74, 6) is 1.76. The van der Waals surface area contributed by atoms with Gasteiger partial charge < -0.3 is 4.40 Å². The molecule has 2 nitrogen and oxygen atoms in total. The summed E-state index contributed by atoms with van der Waals surface area (Å²) in [5, 5.41) is 0.648. The van der Waals surface area contributed by atoms with Crippen LogP contribution in [0.2, 0.25) is 5.15 Å². The van der Waals surface area contributed by atoms with Gasteiger partial charge in [0.15, 0.2) is 5.15 Å². The molecule has 3 heteroatoms. The SMILES string of the molecule is Cc1cccn2c(C3CCC3)nc(Cl)c12. The first kappa shape index (κ1) is 9.22. The molecule has 0 spiro atoms. The molecule has 1 aliphatic carbocycles. The van der Waals surface area contributed by atoms with Gasteiger partial charge in [-0.15, -0.1) is 0 Å². The van der Waals surface area contributed by atoms with Crippen LogP contribution in [0.3, 0.4) is 0 Å². The maximum Gasteiger partial charge on any atom is 0.155 e. The van der Waals surface area contributed by atoms with Crippen LogP contribution in [-0.4, -0.2) is 9.38 Å². The van der Waals surface area contributed by atoms with Crippen LogP contribution in [0, 0.1) is 6.92 Å². The number of pyridine rings is 1. The van der Waals surface area contributed by atoms with Gasteiger partial charge in [0.25, 0.3) is 0 Å². The van der Waals surface area contributed by atoms with Crippen LogP contribution < -0.4 is 0 Å². The smallest absolute Gasteiger partial charge is 0.155 e. The van der Waals surface area contributed by atoms with Gasteiger partial charge >= 0.3 is 0 Å². The van der Waals surface area contributed by atoms with Crippen LogP contribution in [0.4, 0.5) is 0 Å². The normalized spacial score (nSPS) is 16.9. The second-order valence-corrected chi connectivity index (χ2v) is 4.66. The molecule has 0 aromatic carbocycles. The molecule has 78 valence electrons. The lowest BCUT2D eigenvalue weighted by molar-refractivity contribution is 0.400. The van der Waals surface area contributed by atoms with E-state index in [1.54, 1.807) is 0 Å². The van der Waals surface area contributed by atoms with Gasteiger partial charge in [0.05, 0.1) is 5.52 Å². The maximum absolute atomic E-state index is 6.18. The largest absolute Gasteiger partial charge is 0.302 e. The van der Waals surface area contributed by atoms with Crippen LogP contribution in [0.25, 0.3) is 5.52 Å². The lowest BCUT2D eigenvalue weighted by atomic mass is 9.85. The Hall–Kier alpha value is -1.02. The number of halogens is 1. The second-order valence-electron chi connectivity index (χ2n) is 4.30. The Morgan fingerprint density at radius 1 is 1.47 bits per heavy atom. The third-order valence-electron chi connectivity index (χ3n) is 3.32. The molecule has 1 aliphatic rings. The van der Waals surface area contributed by atoms with Crippen molar-refractivity contribution in [2.24, 2.45) is 0 Å². The van der Waals surface area contributed by atoms with Gasteiger partial charge in [-0.3, -0.25) is 0 Å². The zero-order valence-corrected chi connectivity index (χ0v) is 9.46. The molecule has 0 amide bonds. The Balaban J connectivity index is 2.27. The first-order chi connectivity index (χ1) is 7.27. The summed E-state index contributed by atoms with van der Waals surface area (Å²) in [6.07, 6.45) is 5.89. The molecule has 0 saturated heterocycles. The lowest BCUT2D eigenvalue weighted by Gasteiger charge is -2.23. The highest BCUT2D eigenvalue weighted by Crippen LogP contribution is 2.37. The molecule has 2 aromatic heterocycles. The first-order valence-electron chi connectivity index (χ1n) is 5.40. The summed E-state index contributed by atoms with van der Waals surface area (Å²) >= 11 is 6.18. The summed E-state index contributed by atoms with van der Waals surface area (Å²) < 4.78 is 2.15. The standard InChI is InChI=1S/C12H13ClN2/c1-8-4-3-7-15-10(8)11(13)14-12(15)9-5-2-6-9/h3-4,7,9H,2,5-6H2,1H3. The van der Waals surface area contributed by atoms with E-state index in [1.165, 1.54) is 24.8 Å². The molecule has 2 aromatic rings. The topological polar surface area (TPSA) is 17.3 Å². The Bertz CT molecular complexity index is 512. The van der Waals surface area contributed by atoms with E-state index >= 15 is 0 Å². The lowest BCUT2D eigenvalue weighted by Crippen LogP contribution is -2.12. The molecule has 0 bridgehead atoms. The number of rotatable bonds is 1. The Morgan fingerprint density at radius 3 is 2.93 bits per heavy atom. The summed E-state index contributed by atoms with van der Waals surface area (Å²) in [6, 6.07) is 4.13. The van der Waals surface area contributed by atoms with Gasteiger partial charge in [-0.1, -0.05) is 24.1 Å². The summed E-state index contributed by atoms with van der Waals surface area (Å²) in [4.78, 5) is 4.50. The minimum atomic E-state index is 0.617. The second kappa shape index (κ2) is 3.24. The highest BCUT2D eigenvalue weighted by molar-refractivity contribution is 6.32. The molecule has 2 heterocycles. The maximum atomic E-state index is 6.18.